The number of methoxy groups -OCH3 is 1. The van der Waals surface area contributed by atoms with Gasteiger partial charge in [-0.1, -0.05) is 140 Å². The number of hydrogen-bond donors (Lipinski definition) is 2. The van der Waals surface area contributed by atoms with Crippen molar-refractivity contribution in [2.45, 2.75) is 154 Å². The van der Waals surface area contributed by atoms with Gasteiger partial charge < -0.3 is 19.7 Å². The monoisotopic (exact) mass is 681 g/mol. The van der Waals surface area contributed by atoms with Crippen LogP contribution in [0.3, 0.4) is 0 Å². The molecule has 2 aromatic heterocycles. The second-order valence-corrected chi connectivity index (χ2v) is 13.8. The molecule has 0 aliphatic carbocycles. The van der Waals surface area contributed by atoms with Gasteiger partial charge in [-0.2, -0.15) is 0 Å². The fourth-order valence-corrected chi connectivity index (χ4v) is 6.78. The summed E-state index contributed by atoms with van der Waals surface area (Å²) >= 11 is 0. The predicted octanol–water partition coefficient (Wildman–Crippen LogP) is 7.10. The Bertz CT molecular complexity index is 1480. The average Bonchev–Trinajstić information content (AvgIpc) is 3.49. The lowest BCUT2D eigenvalue weighted by molar-refractivity contribution is -0.132. The van der Waals surface area contributed by atoms with Crippen molar-refractivity contribution in [3.8, 4) is 0 Å². The summed E-state index contributed by atoms with van der Waals surface area (Å²) in [6.07, 6.45) is 22.2. The van der Waals surface area contributed by atoms with E-state index in [4.69, 9.17) is 4.74 Å². The lowest BCUT2D eigenvalue weighted by Crippen LogP contribution is -2.47. The van der Waals surface area contributed by atoms with Gasteiger partial charge in [0.25, 0.3) is 11.5 Å². The zero-order chi connectivity index (χ0) is 35.4. The van der Waals surface area contributed by atoms with Crippen LogP contribution in [-0.2, 0) is 30.2 Å². The minimum absolute atomic E-state index is 0.0504. The van der Waals surface area contributed by atoms with Crippen molar-refractivity contribution in [1.29, 1.82) is 0 Å². The zero-order valence-electron chi connectivity index (χ0n) is 30.7. The van der Waals surface area contributed by atoms with Crippen LogP contribution in [0.25, 0.3) is 11.2 Å². The number of imidazole rings is 1. The number of amides is 1. The van der Waals surface area contributed by atoms with E-state index in [-0.39, 0.29) is 18.6 Å². The van der Waals surface area contributed by atoms with E-state index in [1.165, 1.54) is 86.8 Å². The van der Waals surface area contributed by atoms with Crippen molar-refractivity contribution < 1.29 is 14.6 Å². The van der Waals surface area contributed by atoms with Crippen LogP contribution in [0.2, 0.25) is 0 Å². The summed E-state index contributed by atoms with van der Waals surface area (Å²) < 4.78 is 9.75. The molecule has 0 spiro atoms. The normalized spacial score (nSPS) is 13.5. The van der Waals surface area contributed by atoms with Crippen LogP contribution in [0.1, 0.15) is 141 Å². The first-order valence-corrected chi connectivity index (χ1v) is 19.0. The molecule has 0 radical (unpaired) electrons. The number of rotatable bonds is 26. The molecule has 3 rings (SSSR count). The van der Waals surface area contributed by atoms with Gasteiger partial charge in [-0.05, 0) is 24.8 Å². The first-order valence-electron chi connectivity index (χ1n) is 19.0. The topological polar surface area (TPSA) is 120 Å². The number of aliphatic hydroxyl groups excluding tert-OH is 1. The molecule has 0 aliphatic heterocycles. The molecule has 0 saturated heterocycles. The summed E-state index contributed by atoms with van der Waals surface area (Å²) in [4.78, 5) is 44.3. The largest absolute Gasteiger partial charge is 0.393 e. The van der Waals surface area contributed by atoms with Crippen LogP contribution in [0.5, 0.6) is 0 Å². The third-order valence-electron chi connectivity index (χ3n) is 9.76. The van der Waals surface area contributed by atoms with E-state index < -0.39 is 23.4 Å². The Morgan fingerprint density at radius 1 is 0.816 bits per heavy atom. The van der Waals surface area contributed by atoms with Gasteiger partial charge in [0.2, 0.25) is 0 Å². The lowest BCUT2D eigenvalue weighted by atomic mass is 10.0. The zero-order valence-corrected chi connectivity index (χ0v) is 30.7. The standard InChI is InChI=1S/C39H63N5O5/c1-5-6-7-8-9-10-11-12-13-16-22-27-33(45)28-23-17-14-15-21-26-32(41-37(46)35(49-4)31-24-19-18-20-25-31)29-44-38(47)34-36(40-30-42(34)2)43(3)39(44)48/h18-20,24-25,30,32-33,35,45H,5-17,21-23,26-29H2,1-4H3,(H,41,46)/t32?,33?,35-/m1/s1. The first kappa shape index (κ1) is 40.2. The third kappa shape index (κ3) is 13.2. The highest BCUT2D eigenvalue weighted by molar-refractivity contribution is 5.82. The maximum Gasteiger partial charge on any atom is 0.332 e. The van der Waals surface area contributed by atoms with Crippen molar-refractivity contribution in [1.82, 2.24) is 24.0 Å². The Hall–Kier alpha value is -3.24. The molecule has 1 amide bonds. The molecule has 2 heterocycles. The fourth-order valence-electron chi connectivity index (χ4n) is 6.78. The Kier molecular flexibility index (Phi) is 18.4. The van der Waals surface area contributed by atoms with Crippen LogP contribution in [0.4, 0.5) is 0 Å². The highest BCUT2D eigenvalue weighted by Gasteiger charge is 2.25. The van der Waals surface area contributed by atoms with Crippen molar-refractivity contribution in [3.63, 3.8) is 0 Å². The van der Waals surface area contributed by atoms with Crippen LogP contribution in [0, 0.1) is 0 Å². The lowest BCUT2D eigenvalue weighted by Gasteiger charge is -2.23. The molecule has 49 heavy (non-hydrogen) atoms. The van der Waals surface area contributed by atoms with E-state index in [9.17, 15) is 19.5 Å². The number of carbonyl (C=O) groups is 1. The number of hydrogen-bond acceptors (Lipinski definition) is 6. The van der Waals surface area contributed by atoms with Gasteiger partial charge in [-0.3, -0.25) is 18.7 Å². The number of benzene rings is 1. The van der Waals surface area contributed by atoms with E-state index in [1.807, 2.05) is 30.3 Å². The number of aryl methyl sites for hydroxylation is 2. The number of nitrogens with one attached hydrogen (secondary N) is 1. The summed E-state index contributed by atoms with van der Waals surface area (Å²) in [5.41, 5.74) is 0.527. The van der Waals surface area contributed by atoms with Gasteiger partial charge >= 0.3 is 5.69 Å². The summed E-state index contributed by atoms with van der Waals surface area (Å²) in [5, 5.41) is 13.5. The molecule has 0 fully saturated rings. The second-order valence-electron chi connectivity index (χ2n) is 13.8. The van der Waals surface area contributed by atoms with Crippen molar-refractivity contribution in [2.24, 2.45) is 14.1 Å². The molecule has 0 saturated carbocycles. The number of ether oxygens (including phenoxy) is 1. The molecule has 3 atom stereocenters. The van der Waals surface area contributed by atoms with Gasteiger partial charge in [0.1, 0.15) is 0 Å². The summed E-state index contributed by atoms with van der Waals surface area (Å²) in [7, 11) is 4.83. The molecule has 0 aliphatic rings. The summed E-state index contributed by atoms with van der Waals surface area (Å²) in [5.74, 6) is -0.308. The number of nitrogens with zero attached hydrogens (tertiary/aromatic N) is 4. The van der Waals surface area contributed by atoms with Gasteiger partial charge in [0, 0.05) is 27.2 Å². The number of aliphatic hydroxyl groups is 1. The molecule has 274 valence electrons. The molecule has 10 heteroatoms. The van der Waals surface area contributed by atoms with E-state index in [0.29, 0.717) is 17.6 Å². The molecular weight excluding hydrogens is 618 g/mol. The van der Waals surface area contributed by atoms with E-state index >= 15 is 0 Å². The molecule has 1 aromatic carbocycles. The molecular formula is C39H63N5O5. The van der Waals surface area contributed by atoms with Crippen LogP contribution < -0.4 is 16.6 Å². The van der Waals surface area contributed by atoms with Gasteiger partial charge in [-0.25, -0.2) is 9.78 Å². The molecule has 0 bridgehead atoms. The number of carbonyl (C=O) groups excluding carboxylic acids is 1. The predicted molar refractivity (Wildman–Crippen MR) is 198 cm³/mol. The van der Waals surface area contributed by atoms with E-state index in [1.54, 1.807) is 18.7 Å². The Balaban J connectivity index is 1.43. The SMILES string of the molecule is CCCCCCCCCCCCCC(O)CCCCCCCC(Cn1c(=O)c2c(ncn2C)n(C)c1=O)NC(=O)[C@H](OC)c1ccccc1. The highest BCUT2D eigenvalue weighted by Crippen LogP contribution is 2.19. The van der Waals surface area contributed by atoms with Gasteiger partial charge in [0.15, 0.2) is 17.3 Å². The summed E-state index contributed by atoms with van der Waals surface area (Å²) in [6, 6.07) is 8.83. The van der Waals surface area contributed by atoms with Crippen molar-refractivity contribution >= 4 is 17.1 Å². The van der Waals surface area contributed by atoms with E-state index in [2.05, 4.69) is 17.2 Å². The average molecular weight is 682 g/mol. The van der Waals surface area contributed by atoms with Crippen molar-refractivity contribution in [3.05, 3.63) is 63.1 Å². The molecule has 2 N–H and O–H groups in total. The Morgan fingerprint density at radius 2 is 1.35 bits per heavy atom. The minimum Gasteiger partial charge on any atom is -0.393 e. The molecule has 2 unspecified atom stereocenters. The Morgan fingerprint density at radius 3 is 1.90 bits per heavy atom. The smallest absolute Gasteiger partial charge is 0.332 e. The number of fused-ring (bicyclic) bond motifs is 1. The van der Waals surface area contributed by atoms with Gasteiger partial charge in [-0.15, -0.1) is 0 Å². The van der Waals surface area contributed by atoms with Crippen LogP contribution in [0.15, 0.2) is 46.2 Å². The fraction of sp³-hybridized carbons (Fsp3) is 0.692. The maximum atomic E-state index is 13.4. The highest BCUT2D eigenvalue weighted by atomic mass is 16.5. The number of unbranched alkanes of at least 4 members (excludes halogenated alkanes) is 14. The maximum absolute atomic E-state index is 13.4. The summed E-state index contributed by atoms with van der Waals surface area (Å²) in [6.45, 7) is 2.31. The third-order valence-corrected chi connectivity index (χ3v) is 9.76. The quantitative estimate of drug-likeness (QED) is 0.0873. The second kappa shape index (κ2) is 22.5. The van der Waals surface area contributed by atoms with Crippen molar-refractivity contribution in [2.75, 3.05) is 7.11 Å². The number of aromatic nitrogens is 4. The minimum atomic E-state index is -0.806. The molecule has 10 nitrogen and oxygen atoms in total. The van der Waals surface area contributed by atoms with Crippen LogP contribution in [-0.4, -0.2) is 49.0 Å². The Labute approximate surface area is 293 Å². The van der Waals surface area contributed by atoms with Gasteiger partial charge in [0.05, 0.1) is 19.0 Å². The van der Waals surface area contributed by atoms with E-state index in [0.717, 1.165) is 56.9 Å². The first-order chi connectivity index (χ1) is 23.8. The van der Waals surface area contributed by atoms with Crippen LogP contribution >= 0.6 is 0 Å². The molecule has 3 aromatic rings.